The first-order valence-electron chi connectivity index (χ1n) is 7.95. The van der Waals surface area contributed by atoms with Crippen molar-refractivity contribution in [1.29, 1.82) is 0 Å². The Morgan fingerprint density at radius 1 is 1.24 bits per heavy atom. The zero-order valence-corrected chi connectivity index (χ0v) is 16.6. The van der Waals surface area contributed by atoms with Crippen LogP contribution in [0.2, 0.25) is 0 Å². The number of ether oxygens (including phenoxy) is 1. The van der Waals surface area contributed by atoms with E-state index in [9.17, 15) is 5.11 Å². The number of hydrogen-bond acceptors (Lipinski definition) is 7. The van der Waals surface area contributed by atoms with E-state index in [1.165, 1.54) is 23.5 Å². The molecule has 0 amide bonds. The summed E-state index contributed by atoms with van der Waals surface area (Å²) in [6.07, 6.45) is 3.74. The largest absolute Gasteiger partial charge is 0.495 e. The lowest BCUT2D eigenvalue weighted by molar-refractivity contribution is 0.413. The van der Waals surface area contributed by atoms with E-state index in [4.69, 9.17) is 4.74 Å². The number of anilines is 1. The normalized spacial score (nSPS) is 10.6. The summed E-state index contributed by atoms with van der Waals surface area (Å²) in [6.45, 7) is 9.93. The molecule has 0 aliphatic carbocycles. The first-order chi connectivity index (χ1) is 12.1. The Labute approximate surface area is 157 Å². The van der Waals surface area contributed by atoms with Gasteiger partial charge in [-0.2, -0.15) is 4.98 Å². The van der Waals surface area contributed by atoms with Crippen LogP contribution in [0.4, 0.5) is 5.69 Å². The predicted molar refractivity (Wildman–Crippen MR) is 106 cm³/mol. The maximum absolute atomic E-state index is 9.76. The molecule has 0 unspecified atom stereocenters. The Bertz CT molecular complexity index is 749. The van der Waals surface area contributed by atoms with Gasteiger partial charge in [0.25, 0.3) is 0 Å². The van der Waals surface area contributed by atoms with Gasteiger partial charge < -0.3 is 14.7 Å². The average Bonchev–Trinajstić information content (AvgIpc) is 2.62. The minimum atomic E-state index is -0.0301. The van der Waals surface area contributed by atoms with Crippen LogP contribution in [0.25, 0.3) is 6.08 Å². The molecule has 0 saturated heterocycles. The van der Waals surface area contributed by atoms with Crippen LogP contribution in [-0.4, -0.2) is 41.5 Å². The molecule has 134 valence electrons. The zero-order valence-electron chi connectivity index (χ0n) is 14.9. The first kappa shape index (κ1) is 19.5. The quantitative estimate of drug-likeness (QED) is 0.411. The highest BCUT2D eigenvalue weighted by Crippen LogP contribution is 2.39. The lowest BCUT2D eigenvalue weighted by Gasteiger charge is -2.26. The minimum absolute atomic E-state index is 0.0301. The molecule has 0 bridgehead atoms. The fourth-order valence-corrected chi connectivity index (χ4v) is 3.80. The second-order valence-corrected chi connectivity index (χ2v) is 6.96. The highest BCUT2D eigenvalue weighted by molar-refractivity contribution is 7.99. The molecular formula is C18H23N3O2S2. The number of rotatable bonds is 8. The lowest BCUT2D eigenvalue weighted by atomic mass is 10.1. The number of thioether (sulfide) groups is 1. The van der Waals surface area contributed by atoms with E-state index in [0.717, 1.165) is 40.0 Å². The molecule has 0 aliphatic rings. The molecule has 1 aromatic carbocycles. The van der Waals surface area contributed by atoms with Gasteiger partial charge in [-0.15, -0.1) is 11.8 Å². The summed E-state index contributed by atoms with van der Waals surface area (Å²) in [4.78, 5) is 11.7. The third kappa shape index (κ3) is 4.61. The number of benzene rings is 1. The maximum Gasteiger partial charge on any atom is 0.215 e. The van der Waals surface area contributed by atoms with E-state index in [2.05, 4.69) is 35.3 Å². The SMILES string of the molecule is C=Cc1cc(Sc2nc(O)cc(SC)n2)cc(OC)c1N(CC)CC. The van der Waals surface area contributed by atoms with Gasteiger partial charge in [0, 0.05) is 29.6 Å². The fourth-order valence-electron chi connectivity index (χ4n) is 2.50. The van der Waals surface area contributed by atoms with Crippen molar-refractivity contribution < 1.29 is 9.84 Å². The zero-order chi connectivity index (χ0) is 18.4. The van der Waals surface area contributed by atoms with E-state index in [-0.39, 0.29) is 5.88 Å². The Balaban J connectivity index is 2.46. The van der Waals surface area contributed by atoms with Crippen LogP contribution in [0, 0.1) is 0 Å². The Morgan fingerprint density at radius 3 is 2.52 bits per heavy atom. The van der Waals surface area contributed by atoms with E-state index in [1.54, 1.807) is 13.2 Å². The molecule has 0 saturated carbocycles. The van der Waals surface area contributed by atoms with Crippen molar-refractivity contribution in [3.63, 3.8) is 0 Å². The van der Waals surface area contributed by atoms with Crippen LogP contribution < -0.4 is 9.64 Å². The summed E-state index contributed by atoms with van der Waals surface area (Å²) in [5, 5.41) is 11.0. The van der Waals surface area contributed by atoms with Gasteiger partial charge in [-0.05, 0) is 44.0 Å². The summed E-state index contributed by atoms with van der Waals surface area (Å²) in [5.74, 6) is 0.756. The lowest BCUT2D eigenvalue weighted by Crippen LogP contribution is -2.23. The summed E-state index contributed by atoms with van der Waals surface area (Å²) < 4.78 is 5.62. The van der Waals surface area contributed by atoms with Crippen molar-refractivity contribution in [2.24, 2.45) is 0 Å². The van der Waals surface area contributed by atoms with Gasteiger partial charge in [-0.1, -0.05) is 12.7 Å². The van der Waals surface area contributed by atoms with Gasteiger partial charge in [0.05, 0.1) is 12.8 Å². The number of aromatic nitrogens is 2. The van der Waals surface area contributed by atoms with Crippen LogP contribution in [0.15, 0.2) is 39.9 Å². The standard InChI is InChI=1S/C18H23N3O2S2/c1-6-12-9-13(10-14(23-4)17(12)21(7-2)8-3)25-18-19-15(22)11-16(20-18)24-5/h6,9-11H,1,7-8H2,2-5H3,(H,19,20,22). The number of nitrogens with zero attached hydrogens (tertiary/aromatic N) is 3. The maximum atomic E-state index is 9.76. The predicted octanol–water partition coefficient (Wildman–Crippen LogP) is 4.55. The minimum Gasteiger partial charge on any atom is -0.495 e. The Kier molecular flexibility index (Phi) is 7.01. The monoisotopic (exact) mass is 377 g/mol. The molecule has 2 aromatic rings. The molecule has 0 spiro atoms. The van der Waals surface area contributed by atoms with Crippen molar-refractivity contribution >= 4 is 35.3 Å². The van der Waals surface area contributed by atoms with Gasteiger partial charge >= 0.3 is 0 Å². The van der Waals surface area contributed by atoms with Crippen molar-refractivity contribution in [3.05, 3.63) is 30.3 Å². The molecule has 2 rings (SSSR count). The molecule has 0 radical (unpaired) electrons. The molecule has 0 aliphatic heterocycles. The molecule has 1 heterocycles. The summed E-state index contributed by atoms with van der Waals surface area (Å²) >= 11 is 2.85. The molecule has 0 fully saturated rings. The van der Waals surface area contributed by atoms with Gasteiger partial charge in [0.15, 0.2) is 5.16 Å². The van der Waals surface area contributed by atoms with E-state index >= 15 is 0 Å². The highest BCUT2D eigenvalue weighted by atomic mass is 32.2. The third-order valence-corrected chi connectivity index (χ3v) is 5.15. The number of hydrogen-bond donors (Lipinski definition) is 1. The third-order valence-electron chi connectivity index (χ3n) is 3.68. The summed E-state index contributed by atoms with van der Waals surface area (Å²) in [7, 11) is 1.67. The number of aromatic hydroxyl groups is 1. The molecule has 1 N–H and O–H groups in total. The van der Waals surface area contributed by atoms with E-state index in [1.807, 2.05) is 24.5 Å². The smallest absolute Gasteiger partial charge is 0.215 e. The van der Waals surface area contributed by atoms with Crippen molar-refractivity contribution in [2.75, 3.05) is 31.4 Å². The second-order valence-electron chi connectivity index (χ2n) is 5.09. The summed E-state index contributed by atoms with van der Waals surface area (Å²) in [5.41, 5.74) is 2.03. The van der Waals surface area contributed by atoms with Crippen LogP contribution >= 0.6 is 23.5 Å². The molecule has 7 heteroatoms. The van der Waals surface area contributed by atoms with Crippen molar-refractivity contribution in [3.8, 4) is 11.6 Å². The van der Waals surface area contributed by atoms with E-state index < -0.39 is 0 Å². The summed E-state index contributed by atoms with van der Waals surface area (Å²) in [6, 6.07) is 5.56. The van der Waals surface area contributed by atoms with E-state index in [0.29, 0.717) is 5.16 Å². The van der Waals surface area contributed by atoms with Crippen LogP contribution in [-0.2, 0) is 0 Å². The van der Waals surface area contributed by atoms with Crippen LogP contribution in [0.1, 0.15) is 19.4 Å². The highest BCUT2D eigenvalue weighted by Gasteiger charge is 2.16. The molecule has 0 atom stereocenters. The van der Waals surface area contributed by atoms with Gasteiger partial charge in [-0.25, -0.2) is 4.98 Å². The molecule has 1 aromatic heterocycles. The Hall–Kier alpha value is -1.86. The average molecular weight is 378 g/mol. The number of methoxy groups -OCH3 is 1. The topological polar surface area (TPSA) is 58.5 Å². The Morgan fingerprint density at radius 2 is 1.96 bits per heavy atom. The van der Waals surface area contributed by atoms with Crippen LogP contribution in [0.5, 0.6) is 11.6 Å². The first-order valence-corrected chi connectivity index (χ1v) is 9.99. The van der Waals surface area contributed by atoms with Gasteiger partial charge in [0.1, 0.15) is 10.8 Å². The molecular weight excluding hydrogens is 354 g/mol. The molecule has 5 nitrogen and oxygen atoms in total. The van der Waals surface area contributed by atoms with Gasteiger partial charge in [-0.3, -0.25) is 0 Å². The molecule has 25 heavy (non-hydrogen) atoms. The second kappa shape index (κ2) is 9.01. The van der Waals surface area contributed by atoms with Crippen LogP contribution in [0.3, 0.4) is 0 Å². The van der Waals surface area contributed by atoms with Gasteiger partial charge in [0.2, 0.25) is 5.88 Å². The van der Waals surface area contributed by atoms with Crippen molar-refractivity contribution in [1.82, 2.24) is 9.97 Å². The van der Waals surface area contributed by atoms with Crippen molar-refractivity contribution in [2.45, 2.75) is 28.9 Å². The fraction of sp³-hybridized carbons (Fsp3) is 0.333.